The van der Waals surface area contributed by atoms with Crippen LogP contribution in [0.3, 0.4) is 0 Å². The summed E-state index contributed by atoms with van der Waals surface area (Å²) in [5.74, 6) is -1.44. The number of ether oxygens (including phenoxy) is 1. The second-order valence-corrected chi connectivity index (χ2v) is 3.00. The fourth-order valence-electron chi connectivity index (χ4n) is 1.53. The van der Waals surface area contributed by atoms with E-state index in [0.29, 0.717) is 6.42 Å². The van der Waals surface area contributed by atoms with E-state index in [4.69, 9.17) is 9.84 Å². The van der Waals surface area contributed by atoms with Gasteiger partial charge in [-0.25, -0.2) is 0 Å². The van der Waals surface area contributed by atoms with Gasteiger partial charge in [-0.3, -0.25) is 9.59 Å². The third-order valence-electron chi connectivity index (χ3n) is 2.19. The summed E-state index contributed by atoms with van der Waals surface area (Å²) in [5, 5.41) is 8.51. The molecule has 0 radical (unpaired) electrons. The van der Waals surface area contributed by atoms with Crippen molar-refractivity contribution in [2.45, 2.75) is 19.8 Å². The molecule has 68 valence electrons. The van der Waals surface area contributed by atoms with Crippen LogP contribution in [0.4, 0.5) is 0 Å². The van der Waals surface area contributed by atoms with Gasteiger partial charge < -0.3 is 9.84 Å². The minimum atomic E-state index is -0.864. The Kier molecular flexibility index (Phi) is 2.68. The minimum absolute atomic E-state index is 0.0320. The number of carboxylic acids is 1. The van der Waals surface area contributed by atoms with Gasteiger partial charge in [0.15, 0.2) is 0 Å². The van der Waals surface area contributed by atoms with Gasteiger partial charge in [0, 0.05) is 5.92 Å². The van der Waals surface area contributed by atoms with Crippen LogP contribution < -0.4 is 0 Å². The molecule has 1 aliphatic heterocycles. The summed E-state index contributed by atoms with van der Waals surface area (Å²) in [7, 11) is 0. The molecule has 1 heterocycles. The van der Waals surface area contributed by atoms with Crippen molar-refractivity contribution in [3.63, 3.8) is 0 Å². The molecule has 1 fully saturated rings. The minimum Gasteiger partial charge on any atom is -0.481 e. The zero-order chi connectivity index (χ0) is 9.14. The largest absolute Gasteiger partial charge is 0.481 e. The van der Waals surface area contributed by atoms with Crippen LogP contribution in [-0.2, 0) is 14.3 Å². The molecule has 0 amide bonds. The fraction of sp³-hybridized carbons (Fsp3) is 0.750. The van der Waals surface area contributed by atoms with E-state index < -0.39 is 5.97 Å². The highest BCUT2D eigenvalue weighted by atomic mass is 16.5. The highest BCUT2D eigenvalue weighted by Crippen LogP contribution is 2.27. The van der Waals surface area contributed by atoms with E-state index in [0.717, 1.165) is 0 Å². The van der Waals surface area contributed by atoms with Gasteiger partial charge in [-0.2, -0.15) is 0 Å². The van der Waals surface area contributed by atoms with Crippen molar-refractivity contribution < 1.29 is 19.4 Å². The van der Waals surface area contributed by atoms with Gasteiger partial charge in [0.2, 0.25) is 0 Å². The maximum absolute atomic E-state index is 11.0. The molecule has 12 heavy (non-hydrogen) atoms. The summed E-state index contributed by atoms with van der Waals surface area (Å²) in [5.41, 5.74) is 0. The Morgan fingerprint density at radius 2 is 2.42 bits per heavy atom. The lowest BCUT2D eigenvalue weighted by atomic mass is 9.90. The van der Waals surface area contributed by atoms with E-state index in [1.54, 1.807) is 0 Å². The quantitative estimate of drug-likeness (QED) is 0.635. The number of hydrogen-bond donors (Lipinski definition) is 1. The van der Waals surface area contributed by atoms with Crippen LogP contribution in [0.2, 0.25) is 0 Å². The second kappa shape index (κ2) is 3.56. The summed E-state index contributed by atoms with van der Waals surface area (Å²) in [6.45, 7) is 2.13. The number of aliphatic carboxylic acids is 1. The van der Waals surface area contributed by atoms with Crippen LogP contribution in [0.1, 0.15) is 19.8 Å². The van der Waals surface area contributed by atoms with Gasteiger partial charge in [-0.1, -0.05) is 6.92 Å². The summed E-state index contributed by atoms with van der Waals surface area (Å²) in [4.78, 5) is 21.3. The Morgan fingerprint density at radius 1 is 1.75 bits per heavy atom. The lowest BCUT2D eigenvalue weighted by Crippen LogP contribution is -2.18. The molecule has 4 nitrogen and oxygen atoms in total. The Balaban J connectivity index is 2.54. The van der Waals surface area contributed by atoms with E-state index >= 15 is 0 Å². The summed E-state index contributed by atoms with van der Waals surface area (Å²) >= 11 is 0. The van der Waals surface area contributed by atoms with Gasteiger partial charge >= 0.3 is 11.9 Å². The van der Waals surface area contributed by atoms with Crippen molar-refractivity contribution in [3.8, 4) is 0 Å². The molecule has 0 aromatic heterocycles. The number of rotatable bonds is 3. The normalized spacial score (nSPS) is 28.6. The molecule has 1 N–H and O–H groups in total. The van der Waals surface area contributed by atoms with Gasteiger partial charge in [-0.05, 0) is 6.42 Å². The SMILES string of the molecule is CC[C@@H]1C(=O)OC[C@@H]1CC(=O)O. The van der Waals surface area contributed by atoms with Crippen molar-refractivity contribution >= 4 is 11.9 Å². The topological polar surface area (TPSA) is 63.6 Å². The van der Waals surface area contributed by atoms with Crippen molar-refractivity contribution in [2.24, 2.45) is 11.8 Å². The molecule has 0 saturated carbocycles. The fourth-order valence-corrected chi connectivity index (χ4v) is 1.53. The molecule has 0 bridgehead atoms. The van der Waals surface area contributed by atoms with E-state index in [-0.39, 0.29) is 30.8 Å². The molecule has 0 aromatic rings. The van der Waals surface area contributed by atoms with Crippen LogP contribution in [0.25, 0.3) is 0 Å². The maximum atomic E-state index is 11.0. The Bertz CT molecular complexity index is 199. The predicted molar refractivity (Wildman–Crippen MR) is 40.5 cm³/mol. The predicted octanol–water partition coefficient (Wildman–Crippen LogP) is 0.660. The second-order valence-electron chi connectivity index (χ2n) is 3.00. The van der Waals surface area contributed by atoms with Crippen LogP contribution in [-0.4, -0.2) is 23.7 Å². The zero-order valence-electron chi connectivity index (χ0n) is 6.95. The Morgan fingerprint density at radius 3 is 2.92 bits per heavy atom. The number of carboxylic acid groups (broad SMARTS) is 1. The van der Waals surface area contributed by atoms with Crippen molar-refractivity contribution in [3.05, 3.63) is 0 Å². The van der Waals surface area contributed by atoms with E-state index in [1.807, 2.05) is 6.92 Å². The molecule has 2 atom stereocenters. The van der Waals surface area contributed by atoms with Gasteiger partial charge in [0.1, 0.15) is 0 Å². The third kappa shape index (κ3) is 1.75. The van der Waals surface area contributed by atoms with Crippen LogP contribution in [0, 0.1) is 11.8 Å². The molecule has 1 rings (SSSR count). The number of esters is 1. The molecular formula is C8H12O4. The van der Waals surface area contributed by atoms with Gasteiger partial charge in [-0.15, -0.1) is 0 Å². The Labute approximate surface area is 70.5 Å². The first-order chi connectivity index (χ1) is 5.65. The van der Waals surface area contributed by atoms with Gasteiger partial charge in [0.05, 0.1) is 18.9 Å². The van der Waals surface area contributed by atoms with Crippen molar-refractivity contribution in [1.29, 1.82) is 0 Å². The first-order valence-corrected chi connectivity index (χ1v) is 4.03. The molecular weight excluding hydrogens is 160 g/mol. The molecule has 1 aliphatic rings. The lowest BCUT2D eigenvalue weighted by Gasteiger charge is -2.09. The van der Waals surface area contributed by atoms with Crippen LogP contribution in [0.5, 0.6) is 0 Å². The maximum Gasteiger partial charge on any atom is 0.309 e. The average molecular weight is 172 g/mol. The first kappa shape index (κ1) is 9.03. The van der Waals surface area contributed by atoms with Crippen molar-refractivity contribution in [2.75, 3.05) is 6.61 Å². The lowest BCUT2D eigenvalue weighted by molar-refractivity contribution is -0.141. The highest BCUT2D eigenvalue weighted by Gasteiger charge is 2.36. The van der Waals surface area contributed by atoms with Crippen LogP contribution in [0.15, 0.2) is 0 Å². The monoisotopic (exact) mass is 172 g/mol. The molecule has 0 aliphatic carbocycles. The average Bonchev–Trinajstić information content (AvgIpc) is 2.30. The molecule has 4 heteroatoms. The summed E-state index contributed by atoms with van der Waals surface area (Å²) in [6, 6.07) is 0. The standard InChI is InChI=1S/C8H12O4/c1-2-6-5(3-7(9)10)4-12-8(6)11/h5-6H,2-4H2,1H3,(H,9,10)/t5-,6-/m0/s1. The third-order valence-corrected chi connectivity index (χ3v) is 2.19. The number of hydrogen-bond acceptors (Lipinski definition) is 3. The summed E-state index contributed by atoms with van der Waals surface area (Å²) in [6.07, 6.45) is 0.695. The van der Waals surface area contributed by atoms with E-state index in [9.17, 15) is 9.59 Å². The summed E-state index contributed by atoms with van der Waals surface area (Å²) < 4.78 is 4.77. The molecule has 0 unspecified atom stereocenters. The van der Waals surface area contributed by atoms with E-state index in [2.05, 4.69) is 0 Å². The molecule has 0 aromatic carbocycles. The Hall–Kier alpha value is -1.06. The zero-order valence-corrected chi connectivity index (χ0v) is 6.95. The number of carbonyl (C=O) groups excluding carboxylic acids is 1. The van der Waals surface area contributed by atoms with Gasteiger partial charge in [0.25, 0.3) is 0 Å². The van der Waals surface area contributed by atoms with Crippen molar-refractivity contribution in [1.82, 2.24) is 0 Å². The van der Waals surface area contributed by atoms with Crippen LogP contribution >= 0.6 is 0 Å². The number of carbonyl (C=O) groups is 2. The van der Waals surface area contributed by atoms with E-state index in [1.165, 1.54) is 0 Å². The molecule has 1 saturated heterocycles. The number of cyclic esters (lactones) is 1. The smallest absolute Gasteiger partial charge is 0.309 e. The first-order valence-electron chi connectivity index (χ1n) is 4.03. The molecule has 0 spiro atoms. The highest BCUT2D eigenvalue weighted by molar-refractivity contribution is 5.76.